The van der Waals surface area contributed by atoms with Crippen molar-refractivity contribution in [2.75, 3.05) is 7.11 Å². The molecule has 2 rings (SSSR count). The Balaban J connectivity index is 2.54. The maximum Gasteiger partial charge on any atom is 0.215 e. The predicted octanol–water partition coefficient (Wildman–Crippen LogP) is 3.54. The van der Waals surface area contributed by atoms with Crippen molar-refractivity contribution in [2.24, 2.45) is 0 Å². The number of nitrogens with zero attached hydrogens (tertiary/aromatic N) is 3. The topological polar surface area (TPSA) is 39.9 Å². The van der Waals surface area contributed by atoms with Gasteiger partial charge in [0.1, 0.15) is 11.3 Å². The number of halogens is 1. The largest absolute Gasteiger partial charge is 0.481 e. The van der Waals surface area contributed by atoms with Gasteiger partial charge < -0.3 is 9.30 Å². The van der Waals surface area contributed by atoms with Crippen LogP contribution in [0.25, 0.3) is 11.2 Å². The van der Waals surface area contributed by atoms with Crippen LogP contribution in [0.2, 0.25) is 0 Å². The lowest BCUT2D eigenvalue weighted by Gasteiger charge is -2.09. The highest BCUT2D eigenvalue weighted by molar-refractivity contribution is 6.20. The number of alkyl halides is 1. The van der Waals surface area contributed by atoms with E-state index in [0.717, 1.165) is 36.4 Å². The summed E-state index contributed by atoms with van der Waals surface area (Å²) < 4.78 is 7.26. The fourth-order valence-corrected chi connectivity index (χ4v) is 2.12. The molecule has 5 heteroatoms. The van der Waals surface area contributed by atoms with E-state index >= 15 is 0 Å². The monoisotopic (exact) mass is 267 g/mol. The first-order valence-corrected chi connectivity index (χ1v) is 6.66. The van der Waals surface area contributed by atoms with E-state index in [-0.39, 0.29) is 5.38 Å². The molecule has 0 aromatic carbocycles. The molecule has 4 nitrogen and oxygen atoms in total. The molecular weight excluding hydrogens is 250 g/mol. The highest BCUT2D eigenvalue weighted by Crippen LogP contribution is 2.25. The number of methoxy groups -OCH3 is 1. The van der Waals surface area contributed by atoms with E-state index in [9.17, 15) is 0 Å². The number of fused-ring (bicyclic) bond motifs is 1. The van der Waals surface area contributed by atoms with Crippen LogP contribution in [0, 0.1) is 0 Å². The molecule has 0 saturated heterocycles. The quantitative estimate of drug-likeness (QED) is 0.778. The van der Waals surface area contributed by atoms with Crippen molar-refractivity contribution in [3.8, 4) is 5.88 Å². The van der Waals surface area contributed by atoms with Crippen molar-refractivity contribution in [3.63, 3.8) is 0 Å². The van der Waals surface area contributed by atoms with Gasteiger partial charge in [0.25, 0.3) is 0 Å². The average Bonchev–Trinajstić information content (AvgIpc) is 2.74. The first-order valence-electron chi connectivity index (χ1n) is 6.22. The molecule has 0 amide bonds. The van der Waals surface area contributed by atoms with Crippen LogP contribution in [0.1, 0.15) is 37.9 Å². The van der Waals surface area contributed by atoms with Crippen LogP contribution in [-0.2, 0) is 6.54 Å². The Hall–Kier alpha value is -1.29. The smallest absolute Gasteiger partial charge is 0.215 e. The lowest BCUT2D eigenvalue weighted by Crippen LogP contribution is -2.05. The van der Waals surface area contributed by atoms with Crippen LogP contribution < -0.4 is 4.74 Å². The summed E-state index contributed by atoms with van der Waals surface area (Å²) in [6, 6.07) is 3.74. The molecule has 2 aromatic rings. The van der Waals surface area contributed by atoms with E-state index in [4.69, 9.17) is 16.3 Å². The number of imidazole rings is 1. The van der Waals surface area contributed by atoms with Gasteiger partial charge in [0, 0.05) is 12.6 Å². The van der Waals surface area contributed by atoms with Crippen LogP contribution in [0.15, 0.2) is 12.1 Å². The molecular formula is C13H18ClN3O. The summed E-state index contributed by atoms with van der Waals surface area (Å²) >= 11 is 6.19. The zero-order valence-corrected chi connectivity index (χ0v) is 11.7. The van der Waals surface area contributed by atoms with Gasteiger partial charge in [-0.1, -0.05) is 13.3 Å². The number of rotatable bonds is 5. The molecule has 18 heavy (non-hydrogen) atoms. The Labute approximate surface area is 112 Å². The minimum Gasteiger partial charge on any atom is -0.481 e. The molecule has 2 aromatic heterocycles. The number of unbranched alkanes of at least 4 members (excludes halogenated alkanes) is 1. The molecule has 0 aliphatic rings. The van der Waals surface area contributed by atoms with Crippen molar-refractivity contribution in [3.05, 3.63) is 18.0 Å². The molecule has 0 radical (unpaired) electrons. The molecule has 0 spiro atoms. The first-order chi connectivity index (χ1) is 8.67. The van der Waals surface area contributed by atoms with Gasteiger partial charge in [-0.15, -0.1) is 11.6 Å². The number of ether oxygens (including phenoxy) is 1. The molecule has 0 bridgehead atoms. The van der Waals surface area contributed by atoms with Gasteiger partial charge in [-0.25, -0.2) is 4.98 Å². The van der Waals surface area contributed by atoms with Crippen LogP contribution in [0.5, 0.6) is 5.88 Å². The van der Waals surface area contributed by atoms with E-state index in [0.29, 0.717) is 5.88 Å². The highest BCUT2D eigenvalue weighted by Gasteiger charge is 2.16. The second-order valence-electron chi connectivity index (χ2n) is 4.29. The van der Waals surface area contributed by atoms with Gasteiger partial charge in [-0.3, -0.25) is 0 Å². The Morgan fingerprint density at radius 1 is 1.39 bits per heavy atom. The lowest BCUT2D eigenvalue weighted by atomic mass is 10.3. The second-order valence-corrected chi connectivity index (χ2v) is 4.94. The van der Waals surface area contributed by atoms with Crippen LogP contribution in [0.4, 0.5) is 0 Å². The minimum atomic E-state index is -0.123. The zero-order chi connectivity index (χ0) is 13.1. The lowest BCUT2D eigenvalue weighted by molar-refractivity contribution is 0.398. The summed E-state index contributed by atoms with van der Waals surface area (Å²) in [4.78, 5) is 9.02. The van der Waals surface area contributed by atoms with Gasteiger partial charge in [0.15, 0.2) is 5.65 Å². The Kier molecular flexibility index (Phi) is 4.07. The van der Waals surface area contributed by atoms with E-state index in [2.05, 4.69) is 21.5 Å². The van der Waals surface area contributed by atoms with Crippen molar-refractivity contribution in [2.45, 2.75) is 38.6 Å². The summed E-state index contributed by atoms with van der Waals surface area (Å²) in [5.74, 6) is 1.48. The van der Waals surface area contributed by atoms with Crippen molar-refractivity contribution in [1.82, 2.24) is 14.5 Å². The van der Waals surface area contributed by atoms with Crippen molar-refractivity contribution < 1.29 is 4.74 Å². The number of aryl methyl sites for hydroxylation is 1. The number of aromatic nitrogens is 3. The Morgan fingerprint density at radius 3 is 2.78 bits per heavy atom. The first kappa shape index (κ1) is 13.1. The Morgan fingerprint density at radius 2 is 2.17 bits per heavy atom. The molecule has 0 N–H and O–H groups in total. The van der Waals surface area contributed by atoms with Crippen molar-refractivity contribution >= 4 is 22.8 Å². The summed E-state index contributed by atoms with van der Waals surface area (Å²) in [6.45, 7) is 4.99. The minimum absolute atomic E-state index is 0.123. The third kappa shape index (κ3) is 2.43. The maximum absolute atomic E-state index is 6.19. The van der Waals surface area contributed by atoms with Crippen LogP contribution in [-0.4, -0.2) is 21.6 Å². The van der Waals surface area contributed by atoms with E-state index in [1.165, 1.54) is 0 Å². The highest BCUT2D eigenvalue weighted by atomic mass is 35.5. The standard InChI is InChI=1S/C13H18ClN3O/c1-4-5-8-17-12(9(2)14)15-10-6-7-11(18-3)16-13(10)17/h6-7,9H,4-5,8H2,1-3H3. The van der Waals surface area contributed by atoms with Crippen LogP contribution >= 0.6 is 11.6 Å². The SMILES string of the molecule is CCCCn1c(C(C)Cl)nc2ccc(OC)nc21. The molecule has 2 heterocycles. The van der Waals surface area contributed by atoms with Gasteiger partial charge in [-0.2, -0.15) is 4.98 Å². The molecule has 0 aliphatic heterocycles. The summed E-state index contributed by atoms with van der Waals surface area (Å²) in [5.41, 5.74) is 1.72. The molecule has 1 atom stereocenters. The molecule has 98 valence electrons. The maximum atomic E-state index is 6.19. The second kappa shape index (κ2) is 5.57. The van der Waals surface area contributed by atoms with Crippen LogP contribution in [0.3, 0.4) is 0 Å². The van der Waals surface area contributed by atoms with Gasteiger partial charge in [0.05, 0.1) is 12.5 Å². The molecule has 0 saturated carbocycles. The third-order valence-electron chi connectivity index (χ3n) is 2.90. The number of hydrogen-bond donors (Lipinski definition) is 0. The third-order valence-corrected chi connectivity index (χ3v) is 3.09. The van der Waals surface area contributed by atoms with Gasteiger partial charge in [0.2, 0.25) is 5.88 Å². The fraction of sp³-hybridized carbons (Fsp3) is 0.538. The summed E-state index contributed by atoms with van der Waals surface area (Å²) in [7, 11) is 1.62. The average molecular weight is 268 g/mol. The number of hydrogen-bond acceptors (Lipinski definition) is 3. The molecule has 0 aliphatic carbocycles. The molecule has 0 fully saturated rings. The van der Waals surface area contributed by atoms with E-state index in [1.54, 1.807) is 7.11 Å². The van der Waals surface area contributed by atoms with E-state index in [1.807, 2.05) is 19.1 Å². The normalized spacial score (nSPS) is 12.9. The molecule has 1 unspecified atom stereocenters. The number of pyridine rings is 1. The van der Waals surface area contributed by atoms with Gasteiger partial charge >= 0.3 is 0 Å². The fourth-order valence-electron chi connectivity index (χ4n) is 1.96. The summed E-state index contributed by atoms with van der Waals surface area (Å²) in [6.07, 6.45) is 2.21. The Bertz CT molecular complexity index is 536. The van der Waals surface area contributed by atoms with Crippen molar-refractivity contribution in [1.29, 1.82) is 0 Å². The summed E-state index contributed by atoms with van der Waals surface area (Å²) in [5, 5.41) is -0.123. The van der Waals surface area contributed by atoms with Gasteiger partial charge in [-0.05, 0) is 19.4 Å². The predicted molar refractivity (Wildman–Crippen MR) is 73.3 cm³/mol. The van der Waals surface area contributed by atoms with E-state index < -0.39 is 0 Å². The zero-order valence-electron chi connectivity index (χ0n) is 11.0.